The number of anilines is 1. The van der Waals surface area contributed by atoms with Crippen LogP contribution in [0.3, 0.4) is 0 Å². The number of para-hydroxylation sites is 1. The molecule has 182 valence electrons. The Morgan fingerprint density at radius 2 is 2.03 bits per heavy atom. The molecular formula is C19H23N6O8S+. The highest BCUT2D eigenvalue weighted by atomic mass is 32.2. The molecule has 2 aromatic rings. The van der Waals surface area contributed by atoms with E-state index in [1.165, 1.54) is 18.7 Å². The van der Waals surface area contributed by atoms with Crippen LogP contribution in [-0.2, 0) is 29.5 Å². The fraction of sp³-hybridized carbons (Fsp3) is 0.421. The van der Waals surface area contributed by atoms with Gasteiger partial charge in [-0.05, 0) is 6.07 Å². The number of aromatic hydroxyl groups is 1. The van der Waals surface area contributed by atoms with Crippen LogP contribution in [0.25, 0.3) is 0 Å². The number of aromatic nitrogens is 2. The van der Waals surface area contributed by atoms with Crippen molar-refractivity contribution in [2.45, 2.75) is 24.0 Å². The van der Waals surface area contributed by atoms with Crippen molar-refractivity contribution in [3.05, 3.63) is 36.2 Å². The number of phenolic OH excluding ortho intramolecular Hbond substituents is 1. The number of rotatable bonds is 6. The predicted octanol–water partition coefficient (Wildman–Crippen LogP) is -1.44. The third-order valence-corrected chi connectivity index (χ3v) is 7.19. The van der Waals surface area contributed by atoms with Crippen LogP contribution in [0.1, 0.15) is 5.56 Å². The zero-order valence-corrected chi connectivity index (χ0v) is 18.5. The Kier molecular flexibility index (Phi) is 5.53. The zero-order chi connectivity index (χ0) is 24.1. The standard InChI is InChI=1S/C19H22N6O8S/c20-16-14-17(22-8-21-16)25(9-23-14)10-32-13(15(27)18(25)28)5-33-34(29,30)24-19(6-31-7-19)11-3-1-2-4-12(11)26/h1-4,8-9,13,15,18,24,27-28H,5-7,10H2,(H2-,20,21,22,26)/p+1/t13-,15-,18-,25?/m1/s1. The molecule has 4 heterocycles. The number of nitrogens with zero attached hydrogens (tertiary/aromatic N) is 4. The van der Waals surface area contributed by atoms with Crippen LogP contribution in [0.15, 0.2) is 35.6 Å². The van der Waals surface area contributed by atoms with E-state index in [9.17, 15) is 23.7 Å². The van der Waals surface area contributed by atoms with Crippen LogP contribution in [0, 0.1) is 0 Å². The van der Waals surface area contributed by atoms with E-state index in [1.807, 2.05) is 0 Å². The minimum Gasteiger partial charge on any atom is -0.508 e. The molecule has 2 fully saturated rings. The molecule has 34 heavy (non-hydrogen) atoms. The van der Waals surface area contributed by atoms with Crippen LogP contribution in [0.4, 0.5) is 17.3 Å². The van der Waals surface area contributed by atoms with E-state index in [1.54, 1.807) is 18.2 Å². The van der Waals surface area contributed by atoms with E-state index in [2.05, 4.69) is 19.7 Å². The second kappa shape index (κ2) is 8.17. The summed E-state index contributed by atoms with van der Waals surface area (Å²) in [5.41, 5.74) is 5.22. The first kappa shape index (κ1) is 23.0. The van der Waals surface area contributed by atoms with Gasteiger partial charge in [0, 0.05) is 5.56 Å². The molecule has 0 saturated carbocycles. The van der Waals surface area contributed by atoms with Crippen LogP contribution >= 0.6 is 0 Å². The highest BCUT2D eigenvalue weighted by molar-refractivity contribution is 7.84. The van der Waals surface area contributed by atoms with E-state index in [4.69, 9.17) is 19.4 Å². The summed E-state index contributed by atoms with van der Waals surface area (Å²) in [4.78, 5) is 12.1. The first-order chi connectivity index (χ1) is 16.2. The topological polar surface area (TPSA) is 199 Å². The Balaban J connectivity index is 1.27. The largest absolute Gasteiger partial charge is 0.508 e. The van der Waals surface area contributed by atoms with Gasteiger partial charge >= 0.3 is 10.3 Å². The molecule has 2 saturated heterocycles. The summed E-state index contributed by atoms with van der Waals surface area (Å²) in [6.07, 6.45) is -1.65. The van der Waals surface area contributed by atoms with Gasteiger partial charge in [-0.25, -0.2) is 4.98 Å². The summed E-state index contributed by atoms with van der Waals surface area (Å²) in [5, 5.41) is 31.7. The van der Waals surface area contributed by atoms with Crippen molar-refractivity contribution in [2.24, 2.45) is 4.99 Å². The number of aliphatic imine (C=N–C) groups is 1. The molecule has 1 unspecified atom stereocenters. The van der Waals surface area contributed by atoms with Crippen LogP contribution in [0.5, 0.6) is 5.75 Å². The molecule has 0 aliphatic carbocycles. The molecule has 1 spiro atoms. The van der Waals surface area contributed by atoms with Gasteiger partial charge in [0.05, 0.1) is 19.8 Å². The van der Waals surface area contributed by atoms with Crippen molar-refractivity contribution in [1.29, 1.82) is 0 Å². The summed E-state index contributed by atoms with van der Waals surface area (Å²) in [6.45, 7) is -0.792. The Bertz CT molecular complexity index is 1240. The molecule has 15 heteroatoms. The molecular weight excluding hydrogens is 472 g/mol. The summed E-state index contributed by atoms with van der Waals surface area (Å²) >= 11 is 0. The highest BCUT2D eigenvalue weighted by Gasteiger charge is 2.55. The van der Waals surface area contributed by atoms with Gasteiger partial charge in [0.2, 0.25) is 12.6 Å². The second-order valence-corrected chi connectivity index (χ2v) is 9.63. The number of nitrogens with one attached hydrogen (secondary N) is 1. The van der Waals surface area contributed by atoms with Crippen molar-refractivity contribution in [2.75, 3.05) is 32.3 Å². The van der Waals surface area contributed by atoms with Crippen LogP contribution < -0.4 is 14.9 Å². The van der Waals surface area contributed by atoms with E-state index in [-0.39, 0.29) is 43.0 Å². The van der Waals surface area contributed by atoms with Gasteiger partial charge < -0.3 is 30.5 Å². The first-order valence-corrected chi connectivity index (χ1v) is 11.6. The van der Waals surface area contributed by atoms with Crippen molar-refractivity contribution < 1.29 is 37.4 Å². The molecule has 5 rings (SSSR count). The quantitative estimate of drug-likeness (QED) is 0.294. The lowest BCUT2D eigenvalue weighted by Crippen LogP contribution is -2.68. The fourth-order valence-corrected chi connectivity index (χ4v) is 5.28. The summed E-state index contributed by atoms with van der Waals surface area (Å²) in [7, 11) is -4.37. The number of quaternary nitrogens is 1. The maximum Gasteiger partial charge on any atom is 0.336 e. The average molecular weight is 495 g/mol. The molecule has 14 nitrogen and oxygen atoms in total. The van der Waals surface area contributed by atoms with E-state index >= 15 is 0 Å². The SMILES string of the molecule is Nc1ncnc2c1N=C[N+]21CO[C@H](COS(=O)(=O)NC2(c3ccccc3O)COC2)[C@@H](O)[C@H]1O. The normalized spacial score (nSPS) is 29.6. The lowest BCUT2D eigenvalue weighted by atomic mass is 9.88. The van der Waals surface area contributed by atoms with Gasteiger partial charge in [-0.2, -0.15) is 27.6 Å². The first-order valence-electron chi connectivity index (χ1n) is 10.2. The predicted molar refractivity (Wildman–Crippen MR) is 117 cm³/mol. The van der Waals surface area contributed by atoms with E-state index < -0.39 is 45.4 Å². The average Bonchev–Trinajstić information content (AvgIpc) is 3.16. The third-order valence-electron chi connectivity index (χ3n) is 6.10. The third kappa shape index (κ3) is 3.62. The number of hydrogen-bond acceptors (Lipinski definition) is 12. The maximum absolute atomic E-state index is 12.7. The maximum atomic E-state index is 12.7. The van der Waals surface area contributed by atoms with E-state index in [0.717, 1.165) is 0 Å². The van der Waals surface area contributed by atoms with Gasteiger partial charge in [-0.15, -0.1) is 0 Å². The van der Waals surface area contributed by atoms with Gasteiger partial charge in [-0.1, -0.05) is 18.2 Å². The van der Waals surface area contributed by atoms with Crippen molar-refractivity contribution in [3.63, 3.8) is 0 Å². The summed E-state index contributed by atoms with van der Waals surface area (Å²) < 4.78 is 43.2. The van der Waals surface area contributed by atoms with Gasteiger partial charge in [0.1, 0.15) is 23.7 Å². The number of nitrogen functional groups attached to an aromatic ring is 1. The van der Waals surface area contributed by atoms with E-state index in [0.29, 0.717) is 5.56 Å². The molecule has 1 aromatic carbocycles. The molecule has 3 aliphatic heterocycles. The molecule has 0 radical (unpaired) electrons. The Hall–Kier alpha value is -2.76. The fourth-order valence-electron chi connectivity index (χ4n) is 4.20. The number of phenols is 1. The number of fused-ring (bicyclic) bond motifs is 2. The van der Waals surface area contributed by atoms with Gasteiger partial charge in [0.25, 0.3) is 5.82 Å². The molecule has 3 aliphatic rings. The minimum absolute atomic E-state index is 0.00182. The van der Waals surface area contributed by atoms with Crippen LogP contribution in [0.2, 0.25) is 0 Å². The zero-order valence-electron chi connectivity index (χ0n) is 17.7. The molecule has 0 amide bonds. The number of aliphatic hydroxyl groups excluding tert-OH is 2. The lowest BCUT2D eigenvalue weighted by molar-refractivity contribution is -0.200. The molecule has 0 bridgehead atoms. The van der Waals surface area contributed by atoms with Gasteiger partial charge in [0.15, 0.2) is 24.3 Å². The molecule has 4 atom stereocenters. The van der Waals surface area contributed by atoms with Crippen molar-refractivity contribution in [1.82, 2.24) is 19.2 Å². The molecule has 1 aromatic heterocycles. The number of ether oxygens (including phenoxy) is 2. The van der Waals surface area contributed by atoms with Gasteiger partial charge in [-0.3, -0.25) is 4.18 Å². The number of hydrogen-bond donors (Lipinski definition) is 5. The Morgan fingerprint density at radius 3 is 2.74 bits per heavy atom. The summed E-state index contributed by atoms with van der Waals surface area (Å²) in [6, 6.07) is 6.30. The molecule has 6 N–H and O–H groups in total. The minimum atomic E-state index is -4.37. The highest BCUT2D eigenvalue weighted by Crippen LogP contribution is 2.42. The summed E-state index contributed by atoms with van der Waals surface area (Å²) in [5.74, 6) is 0.273. The van der Waals surface area contributed by atoms with Crippen molar-refractivity contribution >= 4 is 34.0 Å². The lowest BCUT2D eigenvalue weighted by Gasteiger charge is -2.43. The monoisotopic (exact) mass is 495 g/mol. The van der Waals surface area contributed by atoms with Crippen LogP contribution in [-0.4, -0.2) is 85.0 Å². The smallest absolute Gasteiger partial charge is 0.336 e. The number of benzene rings is 1. The Labute approximate surface area is 194 Å². The van der Waals surface area contributed by atoms with Crippen molar-refractivity contribution in [3.8, 4) is 5.75 Å². The second-order valence-electron chi connectivity index (χ2n) is 8.28. The number of nitrogens with two attached hydrogens (primary N) is 1. The Morgan fingerprint density at radius 1 is 1.26 bits per heavy atom. The number of aliphatic hydroxyl groups is 2.